The Bertz CT molecular complexity index is 766. The molecule has 0 saturated carbocycles. The number of para-hydroxylation sites is 1. The maximum Gasteiger partial charge on any atom is 0.573 e. The first-order valence-electron chi connectivity index (χ1n) is 7.65. The van der Waals surface area contributed by atoms with Gasteiger partial charge in [-0.3, -0.25) is 4.79 Å². The number of benzene rings is 2. The molecule has 26 heavy (non-hydrogen) atoms. The Morgan fingerprint density at radius 2 is 1.81 bits per heavy atom. The monoisotopic (exact) mass is 387 g/mol. The summed E-state index contributed by atoms with van der Waals surface area (Å²) in [5, 5.41) is 2.67. The second kappa shape index (κ2) is 8.91. The van der Waals surface area contributed by atoms with Crippen molar-refractivity contribution < 1.29 is 27.4 Å². The van der Waals surface area contributed by atoms with Crippen LogP contribution >= 0.6 is 11.6 Å². The lowest BCUT2D eigenvalue weighted by molar-refractivity contribution is -0.275. The summed E-state index contributed by atoms with van der Waals surface area (Å²) in [6.45, 7) is 1.88. The minimum Gasteiger partial charge on any atom is -0.405 e. The predicted molar refractivity (Wildman–Crippen MR) is 92.1 cm³/mol. The Kier molecular flexibility index (Phi) is 6.88. The zero-order valence-corrected chi connectivity index (χ0v) is 14.7. The van der Waals surface area contributed by atoms with Gasteiger partial charge in [-0.2, -0.15) is 0 Å². The topological polar surface area (TPSA) is 47.6 Å². The highest BCUT2D eigenvalue weighted by molar-refractivity contribution is 6.29. The quantitative estimate of drug-likeness (QED) is 0.695. The second-order valence-electron chi connectivity index (χ2n) is 5.49. The van der Waals surface area contributed by atoms with E-state index in [4.69, 9.17) is 16.3 Å². The predicted octanol–water partition coefficient (Wildman–Crippen LogP) is 4.79. The van der Waals surface area contributed by atoms with Gasteiger partial charge in [0.15, 0.2) is 0 Å². The van der Waals surface area contributed by atoms with Crippen molar-refractivity contribution in [3.05, 3.63) is 59.2 Å². The molecule has 0 spiro atoms. The number of anilines is 1. The standard InChI is InChI=1S/C18H17ClF3NO3/c1-12-6-7-13(15(8-12)23-17(24)9-19)10-25-11-14-4-2-3-5-16(14)26-18(20,21)22/h2-8H,9-11H2,1H3,(H,23,24). The molecule has 0 aliphatic carbocycles. The van der Waals surface area contributed by atoms with Crippen molar-refractivity contribution in [1.82, 2.24) is 0 Å². The third-order valence-electron chi connectivity index (χ3n) is 3.37. The number of amides is 1. The molecule has 2 aromatic rings. The number of rotatable bonds is 7. The van der Waals surface area contributed by atoms with Gasteiger partial charge in [-0.15, -0.1) is 24.8 Å². The molecule has 2 rings (SSSR count). The molecular weight excluding hydrogens is 371 g/mol. The van der Waals surface area contributed by atoms with Gasteiger partial charge in [0, 0.05) is 16.8 Å². The molecule has 0 radical (unpaired) electrons. The third kappa shape index (κ3) is 6.24. The molecule has 0 atom stereocenters. The summed E-state index contributed by atoms with van der Waals surface area (Å²) in [5.41, 5.74) is 2.43. The average Bonchev–Trinajstić information content (AvgIpc) is 2.57. The van der Waals surface area contributed by atoms with Gasteiger partial charge in [-0.25, -0.2) is 0 Å². The van der Waals surface area contributed by atoms with Crippen LogP contribution < -0.4 is 10.1 Å². The maximum atomic E-state index is 12.4. The first-order chi connectivity index (χ1) is 12.3. The fraction of sp³-hybridized carbons (Fsp3) is 0.278. The van der Waals surface area contributed by atoms with Crippen LogP contribution in [0.15, 0.2) is 42.5 Å². The summed E-state index contributed by atoms with van der Waals surface area (Å²) in [5.74, 6) is -0.849. The van der Waals surface area contributed by atoms with Gasteiger partial charge < -0.3 is 14.8 Å². The summed E-state index contributed by atoms with van der Waals surface area (Å²) >= 11 is 5.50. The van der Waals surface area contributed by atoms with Gasteiger partial charge in [0.1, 0.15) is 11.6 Å². The number of alkyl halides is 4. The normalized spacial score (nSPS) is 11.3. The number of halogens is 4. The molecule has 140 valence electrons. The van der Waals surface area contributed by atoms with E-state index in [2.05, 4.69) is 10.1 Å². The molecule has 1 N–H and O–H groups in total. The lowest BCUT2D eigenvalue weighted by atomic mass is 10.1. The van der Waals surface area contributed by atoms with E-state index in [1.54, 1.807) is 18.2 Å². The highest BCUT2D eigenvalue weighted by Crippen LogP contribution is 2.27. The number of ether oxygens (including phenoxy) is 2. The minimum absolute atomic E-state index is 0.0803. The van der Waals surface area contributed by atoms with Crippen molar-refractivity contribution in [3.8, 4) is 5.75 Å². The third-order valence-corrected chi connectivity index (χ3v) is 3.62. The lowest BCUT2D eigenvalue weighted by Gasteiger charge is -2.15. The number of hydrogen-bond donors (Lipinski definition) is 1. The molecule has 8 heteroatoms. The molecule has 0 aliphatic rings. The Hall–Kier alpha value is -2.25. The fourth-order valence-electron chi connectivity index (χ4n) is 2.23. The van der Waals surface area contributed by atoms with Gasteiger partial charge in [0.05, 0.1) is 13.2 Å². The SMILES string of the molecule is Cc1ccc(COCc2ccccc2OC(F)(F)F)c(NC(=O)CCl)c1. The van der Waals surface area contributed by atoms with Crippen LogP contribution in [-0.4, -0.2) is 18.1 Å². The molecule has 0 aliphatic heterocycles. The van der Waals surface area contributed by atoms with E-state index in [1.807, 2.05) is 13.0 Å². The molecule has 0 heterocycles. The Morgan fingerprint density at radius 1 is 1.12 bits per heavy atom. The minimum atomic E-state index is -4.77. The van der Waals surface area contributed by atoms with E-state index in [1.165, 1.54) is 18.2 Å². The summed E-state index contributed by atoms with van der Waals surface area (Å²) in [6, 6.07) is 11.2. The van der Waals surface area contributed by atoms with E-state index in [0.717, 1.165) is 5.56 Å². The van der Waals surface area contributed by atoms with E-state index < -0.39 is 6.36 Å². The molecule has 0 unspecified atom stereocenters. The Morgan fingerprint density at radius 3 is 2.50 bits per heavy atom. The molecule has 2 aromatic carbocycles. The fourth-order valence-corrected chi connectivity index (χ4v) is 2.30. The molecular formula is C18H17ClF3NO3. The highest BCUT2D eigenvalue weighted by atomic mass is 35.5. The van der Waals surface area contributed by atoms with Crippen molar-refractivity contribution in [3.63, 3.8) is 0 Å². The molecule has 4 nitrogen and oxygen atoms in total. The van der Waals surface area contributed by atoms with Crippen LogP contribution in [0.4, 0.5) is 18.9 Å². The number of carbonyl (C=O) groups is 1. The molecule has 0 saturated heterocycles. The van der Waals surface area contributed by atoms with Gasteiger partial charge >= 0.3 is 6.36 Å². The van der Waals surface area contributed by atoms with Crippen molar-refractivity contribution in [2.75, 3.05) is 11.2 Å². The van der Waals surface area contributed by atoms with Crippen LogP contribution in [0.2, 0.25) is 0 Å². The number of carbonyl (C=O) groups excluding carboxylic acids is 1. The summed E-state index contributed by atoms with van der Waals surface area (Å²) in [7, 11) is 0. The van der Waals surface area contributed by atoms with Gasteiger partial charge in [-0.05, 0) is 24.6 Å². The van der Waals surface area contributed by atoms with E-state index in [9.17, 15) is 18.0 Å². The van der Waals surface area contributed by atoms with Crippen molar-refractivity contribution in [1.29, 1.82) is 0 Å². The number of hydrogen-bond acceptors (Lipinski definition) is 3. The molecule has 0 bridgehead atoms. The highest BCUT2D eigenvalue weighted by Gasteiger charge is 2.31. The largest absolute Gasteiger partial charge is 0.573 e. The second-order valence-corrected chi connectivity index (χ2v) is 5.76. The van der Waals surface area contributed by atoms with Crippen LogP contribution in [0.25, 0.3) is 0 Å². The van der Waals surface area contributed by atoms with Crippen LogP contribution in [0.5, 0.6) is 5.75 Å². The molecule has 0 fully saturated rings. The average molecular weight is 388 g/mol. The smallest absolute Gasteiger partial charge is 0.405 e. The van der Waals surface area contributed by atoms with Crippen molar-refractivity contribution in [2.24, 2.45) is 0 Å². The lowest BCUT2D eigenvalue weighted by Crippen LogP contribution is -2.18. The number of aryl methyl sites for hydroxylation is 1. The summed E-state index contributed by atoms with van der Waals surface area (Å²) in [4.78, 5) is 11.5. The van der Waals surface area contributed by atoms with Crippen molar-refractivity contribution in [2.45, 2.75) is 26.5 Å². The summed E-state index contributed by atoms with van der Waals surface area (Å²) in [6.07, 6.45) is -4.77. The zero-order valence-electron chi connectivity index (χ0n) is 13.9. The summed E-state index contributed by atoms with van der Waals surface area (Å²) < 4.78 is 46.8. The van der Waals surface area contributed by atoms with Crippen LogP contribution in [0.1, 0.15) is 16.7 Å². The number of nitrogens with one attached hydrogen (secondary N) is 1. The van der Waals surface area contributed by atoms with Gasteiger partial charge in [-0.1, -0.05) is 30.3 Å². The van der Waals surface area contributed by atoms with Crippen LogP contribution in [-0.2, 0) is 22.7 Å². The van der Waals surface area contributed by atoms with Crippen LogP contribution in [0.3, 0.4) is 0 Å². The molecule has 1 amide bonds. The van der Waals surface area contributed by atoms with Gasteiger partial charge in [0.25, 0.3) is 0 Å². The first-order valence-corrected chi connectivity index (χ1v) is 8.18. The van der Waals surface area contributed by atoms with E-state index in [0.29, 0.717) is 11.3 Å². The van der Waals surface area contributed by atoms with E-state index >= 15 is 0 Å². The van der Waals surface area contributed by atoms with Crippen molar-refractivity contribution >= 4 is 23.2 Å². The maximum absolute atomic E-state index is 12.4. The van der Waals surface area contributed by atoms with E-state index in [-0.39, 0.29) is 36.3 Å². The molecule has 0 aromatic heterocycles. The zero-order chi connectivity index (χ0) is 19.2. The Labute approximate surface area is 153 Å². The first kappa shape index (κ1) is 20.1. The Balaban J connectivity index is 2.06. The van der Waals surface area contributed by atoms with Gasteiger partial charge in [0.2, 0.25) is 5.91 Å². The van der Waals surface area contributed by atoms with Crippen LogP contribution in [0, 0.1) is 6.92 Å².